The summed E-state index contributed by atoms with van der Waals surface area (Å²) >= 11 is 0. The van der Waals surface area contributed by atoms with E-state index < -0.39 is 15.9 Å². The Bertz CT molecular complexity index is 729. The van der Waals surface area contributed by atoms with Gasteiger partial charge in [0.15, 0.2) is 9.84 Å². The van der Waals surface area contributed by atoms with Crippen LogP contribution in [0.1, 0.15) is 38.5 Å². The average Bonchev–Trinajstić information content (AvgIpc) is 3.34. The van der Waals surface area contributed by atoms with Crippen molar-refractivity contribution >= 4 is 27.4 Å². The quantitative estimate of drug-likeness (QED) is 0.677. The molecule has 0 radical (unpaired) electrons. The van der Waals surface area contributed by atoms with E-state index in [0.717, 1.165) is 32.6 Å². The Morgan fingerprint density at radius 3 is 2.50 bits per heavy atom. The second-order valence-corrected chi connectivity index (χ2v) is 10.0. The predicted octanol–water partition coefficient (Wildman–Crippen LogP) is -0.151. The summed E-state index contributed by atoms with van der Waals surface area (Å²) in [5.41, 5.74) is 0.399. The summed E-state index contributed by atoms with van der Waals surface area (Å²) in [6.07, 6.45) is 4.43. The number of carbonyl (C=O) groups excluding carboxylic acids is 2. The summed E-state index contributed by atoms with van der Waals surface area (Å²) in [6, 6.07) is 0.00915. The Morgan fingerprint density at radius 1 is 1.04 bits per heavy atom. The Labute approximate surface area is 154 Å². The van der Waals surface area contributed by atoms with Gasteiger partial charge in [0.2, 0.25) is 5.91 Å². The number of sulfone groups is 1. The third-order valence-electron chi connectivity index (χ3n) is 5.97. The molecular weight excluding hydrogens is 356 g/mol. The Balaban J connectivity index is 1.44. The second-order valence-electron chi connectivity index (χ2n) is 7.78. The van der Waals surface area contributed by atoms with Crippen LogP contribution in [0.2, 0.25) is 0 Å². The van der Waals surface area contributed by atoms with E-state index in [1.165, 1.54) is 17.9 Å². The first-order valence-corrected chi connectivity index (χ1v) is 11.4. The molecule has 0 bridgehead atoms. The van der Waals surface area contributed by atoms with Crippen molar-refractivity contribution in [3.8, 4) is 0 Å². The van der Waals surface area contributed by atoms with Crippen molar-refractivity contribution in [3.05, 3.63) is 0 Å². The maximum Gasteiger partial charge on any atom is 0.270 e. The molecule has 4 heterocycles. The van der Waals surface area contributed by atoms with Crippen molar-refractivity contribution in [3.63, 3.8) is 0 Å². The van der Waals surface area contributed by atoms with Gasteiger partial charge >= 0.3 is 0 Å². The van der Waals surface area contributed by atoms with Gasteiger partial charge in [-0.3, -0.25) is 14.5 Å². The van der Waals surface area contributed by atoms with Crippen molar-refractivity contribution in [2.45, 2.75) is 50.6 Å². The fraction of sp³-hybridized carbons (Fsp3) is 0.824. The highest BCUT2D eigenvalue weighted by Gasteiger charge is 2.39. The number of nitrogens with zero attached hydrogens (tertiary/aromatic N) is 4. The van der Waals surface area contributed by atoms with E-state index in [1.807, 2.05) is 4.90 Å². The molecule has 4 aliphatic heterocycles. The number of hydrogen-bond acceptors (Lipinski definition) is 6. The molecule has 4 rings (SSSR count). The van der Waals surface area contributed by atoms with Gasteiger partial charge < -0.3 is 4.90 Å². The molecule has 8 nitrogen and oxygen atoms in total. The standard InChI is InChI=1S/C17H26N4O4S/c22-16-4-3-15(18-21(16)14-6-10-26(24,25)12-14)17(23)20-9-5-13(11-20)19-7-1-2-8-19/h13-14H,1-12H2. The molecule has 2 unspecified atom stereocenters. The molecule has 2 amide bonds. The van der Waals surface area contributed by atoms with Crippen LogP contribution in [0.25, 0.3) is 0 Å². The molecule has 0 N–H and O–H groups in total. The predicted molar refractivity (Wildman–Crippen MR) is 96.4 cm³/mol. The van der Waals surface area contributed by atoms with Gasteiger partial charge in [-0.15, -0.1) is 0 Å². The van der Waals surface area contributed by atoms with Gasteiger partial charge in [0.05, 0.1) is 17.5 Å². The molecule has 0 aromatic heterocycles. The summed E-state index contributed by atoms with van der Waals surface area (Å²) in [5, 5.41) is 5.58. The molecule has 2 atom stereocenters. The Kier molecular flexibility index (Phi) is 4.77. The molecular formula is C17H26N4O4S. The first kappa shape index (κ1) is 17.9. The van der Waals surface area contributed by atoms with Crippen molar-refractivity contribution < 1.29 is 18.0 Å². The summed E-state index contributed by atoms with van der Waals surface area (Å²) in [4.78, 5) is 29.4. The highest BCUT2D eigenvalue weighted by Crippen LogP contribution is 2.24. The summed E-state index contributed by atoms with van der Waals surface area (Å²) in [7, 11) is -3.10. The van der Waals surface area contributed by atoms with Crippen LogP contribution in [-0.4, -0.2) is 90.5 Å². The van der Waals surface area contributed by atoms with Crippen LogP contribution in [-0.2, 0) is 19.4 Å². The highest BCUT2D eigenvalue weighted by molar-refractivity contribution is 7.91. The van der Waals surface area contributed by atoms with Crippen molar-refractivity contribution in [2.24, 2.45) is 5.10 Å². The molecule has 26 heavy (non-hydrogen) atoms. The molecule has 0 spiro atoms. The lowest BCUT2D eigenvalue weighted by Gasteiger charge is -2.29. The number of amides is 2. The number of hydrazone groups is 1. The SMILES string of the molecule is O=C(C1=NN(C2CCS(=O)(=O)C2)C(=O)CC1)N1CCC(N2CCCC2)C1. The fourth-order valence-electron chi connectivity index (χ4n) is 4.49. The van der Waals surface area contributed by atoms with E-state index in [1.54, 1.807) is 0 Å². The van der Waals surface area contributed by atoms with Crippen LogP contribution in [0, 0.1) is 0 Å². The van der Waals surface area contributed by atoms with Gasteiger partial charge in [0.1, 0.15) is 5.71 Å². The number of rotatable bonds is 3. The van der Waals surface area contributed by atoms with Crippen LogP contribution in [0.4, 0.5) is 0 Å². The fourth-order valence-corrected chi connectivity index (χ4v) is 6.18. The lowest BCUT2D eigenvalue weighted by Crippen LogP contribution is -2.45. The van der Waals surface area contributed by atoms with E-state index in [0.29, 0.717) is 24.6 Å². The minimum atomic E-state index is -3.10. The minimum Gasteiger partial charge on any atom is -0.336 e. The molecule has 0 aliphatic carbocycles. The zero-order valence-electron chi connectivity index (χ0n) is 15.0. The molecule has 0 saturated carbocycles. The third-order valence-corrected chi connectivity index (χ3v) is 7.72. The van der Waals surface area contributed by atoms with E-state index in [-0.39, 0.29) is 29.7 Å². The molecule has 144 valence electrons. The van der Waals surface area contributed by atoms with Crippen LogP contribution >= 0.6 is 0 Å². The Hall–Kier alpha value is -1.48. The highest BCUT2D eigenvalue weighted by atomic mass is 32.2. The van der Waals surface area contributed by atoms with E-state index >= 15 is 0 Å². The molecule has 3 saturated heterocycles. The maximum absolute atomic E-state index is 12.9. The van der Waals surface area contributed by atoms with Crippen molar-refractivity contribution in [1.29, 1.82) is 0 Å². The normalized spacial score (nSPS) is 32.3. The molecule has 0 aromatic carbocycles. The second kappa shape index (κ2) is 6.92. The lowest BCUT2D eigenvalue weighted by molar-refractivity contribution is -0.134. The topological polar surface area (TPSA) is 90.4 Å². The van der Waals surface area contributed by atoms with Gasteiger partial charge in [0.25, 0.3) is 5.91 Å². The zero-order chi connectivity index (χ0) is 18.3. The van der Waals surface area contributed by atoms with Crippen molar-refractivity contribution in [1.82, 2.24) is 14.8 Å². The van der Waals surface area contributed by atoms with Gasteiger partial charge in [-0.05, 0) is 38.8 Å². The number of hydrogen-bond donors (Lipinski definition) is 0. The van der Waals surface area contributed by atoms with Crippen molar-refractivity contribution in [2.75, 3.05) is 37.7 Å². The first-order chi connectivity index (χ1) is 12.4. The van der Waals surface area contributed by atoms with Gasteiger partial charge in [0, 0.05) is 32.0 Å². The third kappa shape index (κ3) is 3.51. The monoisotopic (exact) mass is 382 g/mol. The summed E-state index contributed by atoms with van der Waals surface area (Å²) in [6.45, 7) is 3.69. The molecule has 3 fully saturated rings. The van der Waals surface area contributed by atoms with Gasteiger partial charge in [-0.1, -0.05) is 0 Å². The molecule has 9 heteroatoms. The molecule has 0 aromatic rings. The van der Waals surface area contributed by atoms with Crippen LogP contribution < -0.4 is 0 Å². The Morgan fingerprint density at radius 2 is 1.81 bits per heavy atom. The lowest BCUT2D eigenvalue weighted by atomic mass is 10.1. The van der Waals surface area contributed by atoms with Gasteiger partial charge in [-0.25, -0.2) is 13.4 Å². The average molecular weight is 382 g/mol. The minimum absolute atomic E-state index is 0.0511. The van der Waals surface area contributed by atoms with Crippen LogP contribution in [0.5, 0.6) is 0 Å². The van der Waals surface area contributed by atoms with E-state index in [4.69, 9.17) is 0 Å². The number of likely N-dealkylation sites (tertiary alicyclic amines) is 2. The van der Waals surface area contributed by atoms with E-state index in [2.05, 4.69) is 10.0 Å². The maximum atomic E-state index is 12.9. The first-order valence-electron chi connectivity index (χ1n) is 9.56. The van der Waals surface area contributed by atoms with E-state index in [9.17, 15) is 18.0 Å². The zero-order valence-corrected chi connectivity index (χ0v) is 15.8. The summed E-state index contributed by atoms with van der Waals surface area (Å²) < 4.78 is 23.4. The molecule has 4 aliphatic rings. The van der Waals surface area contributed by atoms with Crippen LogP contribution in [0.15, 0.2) is 5.10 Å². The van der Waals surface area contributed by atoms with Crippen LogP contribution in [0.3, 0.4) is 0 Å². The largest absolute Gasteiger partial charge is 0.336 e. The smallest absolute Gasteiger partial charge is 0.270 e. The summed E-state index contributed by atoms with van der Waals surface area (Å²) in [5.74, 6) is -0.237. The number of carbonyl (C=O) groups is 2. The van der Waals surface area contributed by atoms with Gasteiger partial charge in [-0.2, -0.15) is 5.10 Å².